The Morgan fingerprint density at radius 2 is 1.94 bits per heavy atom. The van der Waals surface area contributed by atoms with Crippen LogP contribution >= 0.6 is 0 Å². The molecule has 0 unspecified atom stereocenters. The first-order chi connectivity index (χ1) is 8.64. The molecular formula is C12H15N3O3. The molecular weight excluding hydrogens is 234 g/mol. The Labute approximate surface area is 104 Å². The molecule has 1 aromatic rings. The highest BCUT2D eigenvalue weighted by Crippen LogP contribution is 2.28. The number of carboxylic acids is 1. The van der Waals surface area contributed by atoms with Crippen molar-refractivity contribution in [3.05, 3.63) is 24.0 Å². The largest absolute Gasteiger partial charge is 0.480 e. The third-order valence-corrected chi connectivity index (χ3v) is 3.32. The van der Waals surface area contributed by atoms with E-state index in [1.807, 2.05) is 0 Å². The molecule has 0 aliphatic heterocycles. The third-order valence-electron chi connectivity index (χ3n) is 3.32. The molecule has 1 aliphatic rings. The fraction of sp³-hybridized carbons (Fsp3) is 0.500. The molecule has 1 fully saturated rings. The summed E-state index contributed by atoms with van der Waals surface area (Å²) in [5, 5.41) is 19.2. The van der Waals surface area contributed by atoms with Gasteiger partial charge in [0.15, 0.2) is 0 Å². The predicted molar refractivity (Wildman–Crippen MR) is 63.0 cm³/mol. The van der Waals surface area contributed by atoms with Crippen LogP contribution in [0.25, 0.3) is 0 Å². The van der Waals surface area contributed by atoms with Gasteiger partial charge in [-0.2, -0.15) is 10.2 Å². The second kappa shape index (κ2) is 5.12. The maximum absolute atomic E-state index is 12.0. The average Bonchev–Trinajstić information content (AvgIpc) is 2.40. The summed E-state index contributed by atoms with van der Waals surface area (Å²) < 4.78 is 0. The van der Waals surface area contributed by atoms with E-state index in [-0.39, 0.29) is 0 Å². The number of carbonyl (C=O) groups excluding carboxylic acids is 1. The Morgan fingerprint density at radius 1 is 1.22 bits per heavy atom. The van der Waals surface area contributed by atoms with Crippen LogP contribution in [-0.4, -0.2) is 32.7 Å². The van der Waals surface area contributed by atoms with E-state index in [4.69, 9.17) is 0 Å². The summed E-state index contributed by atoms with van der Waals surface area (Å²) in [6.07, 6.45) is 6.35. The van der Waals surface area contributed by atoms with E-state index in [1.54, 1.807) is 0 Å². The fourth-order valence-electron chi connectivity index (χ4n) is 2.26. The highest BCUT2D eigenvalue weighted by Gasteiger charge is 2.41. The zero-order chi connectivity index (χ0) is 13.0. The van der Waals surface area contributed by atoms with Crippen molar-refractivity contribution in [2.75, 3.05) is 0 Å². The van der Waals surface area contributed by atoms with E-state index in [1.165, 1.54) is 18.5 Å². The molecule has 2 N–H and O–H groups in total. The molecule has 1 aliphatic carbocycles. The van der Waals surface area contributed by atoms with Gasteiger partial charge in [-0.3, -0.25) is 4.79 Å². The topological polar surface area (TPSA) is 92.2 Å². The van der Waals surface area contributed by atoms with Gasteiger partial charge in [0.1, 0.15) is 5.54 Å². The van der Waals surface area contributed by atoms with Crippen molar-refractivity contribution < 1.29 is 14.7 Å². The SMILES string of the molecule is O=C(NC1(C(=O)O)CCCCC1)c1ccnnc1. The Bertz CT molecular complexity index is 441. The van der Waals surface area contributed by atoms with Gasteiger partial charge in [-0.25, -0.2) is 4.79 Å². The summed E-state index contributed by atoms with van der Waals surface area (Å²) in [5.74, 6) is -1.37. The number of aromatic nitrogens is 2. The van der Waals surface area contributed by atoms with E-state index >= 15 is 0 Å². The fourth-order valence-corrected chi connectivity index (χ4v) is 2.26. The van der Waals surface area contributed by atoms with Gasteiger partial charge in [-0.1, -0.05) is 19.3 Å². The number of rotatable bonds is 3. The number of nitrogens with one attached hydrogen (secondary N) is 1. The lowest BCUT2D eigenvalue weighted by Gasteiger charge is -2.33. The Hall–Kier alpha value is -1.98. The van der Waals surface area contributed by atoms with E-state index in [0.717, 1.165) is 19.3 Å². The molecule has 1 saturated carbocycles. The summed E-state index contributed by atoms with van der Waals surface area (Å²) in [7, 11) is 0. The maximum Gasteiger partial charge on any atom is 0.329 e. The van der Waals surface area contributed by atoms with Gasteiger partial charge < -0.3 is 10.4 Å². The van der Waals surface area contributed by atoms with Crippen molar-refractivity contribution in [3.63, 3.8) is 0 Å². The number of nitrogens with zero attached hydrogens (tertiary/aromatic N) is 2. The molecule has 6 nitrogen and oxygen atoms in total. The van der Waals surface area contributed by atoms with Crippen LogP contribution < -0.4 is 5.32 Å². The van der Waals surface area contributed by atoms with Crippen LogP contribution in [0.3, 0.4) is 0 Å². The van der Waals surface area contributed by atoms with Crippen LogP contribution in [0, 0.1) is 0 Å². The van der Waals surface area contributed by atoms with Crippen molar-refractivity contribution in [2.45, 2.75) is 37.6 Å². The third kappa shape index (κ3) is 2.47. The molecule has 0 atom stereocenters. The second-order valence-electron chi connectivity index (χ2n) is 4.53. The molecule has 2 rings (SSSR count). The van der Waals surface area contributed by atoms with E-state index in [2.05, 4.69) is 15.5 Å². The first-order valence-corrected chi connectivity index (χ1v) is 5.97. The molecule has 1 aromatic heterocycles. The number of amides is 1. The minimum atomic E-state index is -1.13. The van der Waals surface area contributed by atoms with Gasteiger partial charge in [0.2, 0.25) is 0 Å². The highest BCUT2D eigenvalue weighted by molar-refractivity contribution is 5.97. The van der Waals surface area contributed by atoms with Crippen LogP contribution in [0.2, 0.25) is 0 Å². The summed E-state index contributed by atoms with van der Waals surface area (Å²) in [6.45, 7) is 0. The Balaban J connectivity index is 2.15. The Morgan fingerprint density at radius 3 is 2.50 bits per heavy atom. The molecule has 96 valence electrons. The molecule has 0 spiro atoms. The van der Waals surface area contributed by atoms with Crippen LogP contribution in [0.1, 0.15) is 42.5 Å². The molecule has 6 heteroatoms. The Kier molecular flexibility index (Phi) is 3.55. The lowest BCUT2D eigenvalue weighted by Crippen LogP contribution is -2.55. The summed E-state index contributed by atoms with van der Waals surface area (Å²) in [4.78, 5) is 23.4. The monoisotopic (exact) mass is 249 g/mol. The number of carbonyl (C=O) groups is 2. The van der Waals surface area contributed by atoms with Crippen LogP contribution in [-0.2, 0) is 4.79 Å². The number of aliphatic carboxylic acids is 1. The van der Waals surface area contributed by atoms with Gasteiger partial charge in [-0.05, 0) is 18.9 Å². The van der Waals surface area contributed by atoms with Gasteiger partial charge in [0.25, 0.3) is 5.91 Å². The minimum Gasteiger partial charge on any atom is -0.480 e. The van der Waals surface area contributed by atoms with Gasteiger partial charge in [0, 0.05) is 0 Å². The first kappa shape index (κ1) is 12.5. The lowest BCUT2D eigenvalue weighted by molar-refractivity contribution is -0.145. The first-order valence-electron chi connectivity index (χ1n) is 5.97. The van der Waals surface area contributed by atoms with E-state index in [0.29, 0.717) is 18.4 Å². The van der Waals surface area contributed by atoms with Gasteiger partial charge >= 0.3 is 5.97 Å². The summed E-state index contributed by atoms with van der Waals surface area (Å²) in [6, 6.07) is 1.51. The van der Waals surface area contributed by atoms with Crippen molar-refractivity contribution in [2.24, 2.45) is 0 Å². The molecule has 1 amide bonds. The zero-order valence-electron chi connectivity index (χ0n) is 9.93. The van der Waals surface area contributed by atoms with Gasteiger partial charge in [0.05, 0.1) is 18.0 Å². The zero-order valence-corrected chi connectivity index (χ0v) is 9.93. The standard InChI is InChI=1S/C12H15N3O3/c16-10(9-4-7-13-14-8-9)15-12(11(17)18)5-2-1-3-6-12/h4,7-8H,1-3,5-6H2,(H,15,16)(H,17,18). The molecule has 0 radical (unpaired) electrons. The number of carboxylic acid groups (broad SMARTS) is 1. The van der Waals surface area contributed by atoms with Crippen molar-refractivity contribution in [1.82, 2.24) is 15.5 Å². The van der Waals surface area contributed by atoms with Crippen molar-refractivity contribution >= 4 is 11.9 Å². The second-order valence-corrected chi connectivity index (χ2v) is 4.53. The van der Waals surface area contributed by atoms with E-state index < -0.39 is 17.4 Å². The summed E-state index contributed by atoms with van der Waals surface area (Å²) >= 11 is 0. The maximum atomic E-state index is 12.0. The molecule has 18 heavy (non-hydrogen) atoms. The van der Waals surface area contributed by atoms with Crippen molar-refractivity contribution in [1.29, 1.82) is 0 Å². The highest BCUT2D eigenvalue weighted by atomic mass is 16.4. The molecule has 0 bridgehead atoms. The van der Waals surface area contributed by atoms with Crippen LogP contribution in [0.15, 0.2) is 18.5 Å². The predicted octanol–water partition coefficient (Wildman–Crippen LogP) is 0.994. The normalized spacial score (nSPS) is 18.0. The number of hydrogen-bond acceptors (Lipinski definition) is 4. The number of hydrogen-bond donors (Lipinski definition) is 2. The van der Waals surface area contributed by atoms with Crippen molar-refractivity contribution in [3.8, 4) is 0 Å². The summed E-state index contributed by atoms with van der Waals surface area (Å²) in [5.41, 5.74) is -0.797. The minimum absolute atomic E-state index is 0.330. The van der Waals surface area contributed by atoms with Crippen LogP contribution in [0.5, 0.6) is 0 Å². The molecule has 1 heterocycles. The van der Waals surface area contributed by atoms with E-state index in [9.17, 15) is 14.7 Å². The quantitative estimate of drug-likeness (QED) is 0.833. The lowest BCUT2D eigenvalue weighted by atomic mass is 9.81. The van der Waals surface area contributed by atoms with Gasteiger partial charge in [-0.15, -0.1) is 0 Å². The molecule has 0 saturated heterocycles. The smallest absolute Gasteiger partial charge is 0.329 e. The average molecular weight is 249 g/mol. The van der Waals surface area contributed by atoms with Crippen LogP contribution in [0.4, 0.5) is 0 Å². The molecule has 0 aromatic carbocycles.